The lowest BCUT2D eigenvalue weighted by molar-refractivity contribution is -0.144. The van der Waals surface area contributed by atoms with Gasteiger partial charge in [-0.15, -0.1) is 0 Å². The summed E-state index contributed by atoms with van der Waals surface area (Å²) in [6, 6.07) is -1.73. The molecular formula is C15H31N5O5. The Bertz CT molecular complexity index is 403. The normalized spacial score (nSPS) is 32.2. The van der Waals surface area contributed by atoms with E-state index in [0.29, 0.717) is 0 Å². The second-order valence-electron chi connectivity index (χ2n) is 5.94. The van der Waals surface area contributed by atoms with Gasteiger partial charge in [-0.25, -0.2) is 0 Å². The predicted molar refractivity (Wildman–Crippen MR) is 91.6 cm³/mol. The van der Waals surface area contributed by atoms with Crippen molar-refractivity contribution in [3.63, 3.8) is 0 Å². The number of nitrogens with two attached hydrogens (primary N) is 3. The molecule has 1 rings (SSSR count). The molecule has 10 heteroatoms. The van der Waals surface area contributed by atoms with Crippen LogP contribution in [0.15, 0.2) is 0 Å². The summed E-state index contributed by atoms with van der Waals surface area (Å²) in [5.41, 5.74) is 17.1. The average Bonchev–Trinajstić information content (AvgIpc) is 2.56. The minimum absolute atomic E-state index is 0.163. The number of hydrogen-bond acceptors (Lipinski definition) is 8. The van der Waals surface area contributed by atoms with E-state index < -0.39 is 36.4 Å². The highest BCUT2D eigenvalue weighted by molar-refractivity contribution is 5.77. The summed E-state index contributed by atoms with van der Waals surface area (Å²) in [7, 11) is 4.49. The molecule has 1 fully saturated rings. The Morgan fingerprint density at radius 3 is 1.44 bits per heavy atom. The van der Waals surface area contributed by atoms with E-state index in [1.54, 1.807) is 0 Å². The fourth-order valence-electron chi connectivity index (χ4n) is 3.27. The Morgan fingerprint density at radius 2 is 1.16 bits per heavy atom. The SMILES string of the molecule is CO[C@H]1[C@@H](NC(=O)CCN)[C@@H](OC)[C@@H](N)[C@@H](OC)[C@H]1NC(=O)CCN. The van der Waals surface area contributed by atoms with E-state index in [-0.39, 0.29) is 37.7 Å². The molecule has 10 nitrogen and oxygen atoms in total. The van der Waals surface area contributed by atoms with Crippen LogP contribution in [-0.4, -0.2) is 82.7 Å². The fraction of sp³-hybridized carbons (Fsp3) is 0.867. The van der Waals surface area contributed by atoms with Crippen LogP contribution in [0.4, 0.5) is 0 Å². The molecule has 25 heavy (non-hydrogen) atoms. The Morgan fingerprint density at radius 1 is 0.800 bits per heavy atom. The molecule has 0 aromatic rings. The van der Waals surface area contributed by atoms with Crippen molar-refractivity contribution >= 4 is 11.8 Å². The highest BCUT2D eigenvalue weighted by atomic mass is 16.5. The standard InChI is InChI=1S/C15H31N5O5/c1-23-13-10(18)14(24-2)12(20-9(22)5-7-17)15(25-3)11(13)19-8(21)4-6-16/h10-15H,4-7,16-18H2,1-3H3,(H,19,21)(H,20,22)/t10-,11+,12-,13+,14-,15+. The van der Waals surface area contributed by atoms with E-state index in [4.69, 9.17) is 31.4 Å². The molecule has 0 bridgehead atoms. The number of amides is 2. The summed E-state index contributed by atoms with van der Waals surface area (Å²) < 4.78 is 16.6. The Hall–Kier alpha value is -1.30. The first-order valence-corrected chi connectivity index (χ1v) is 8.27. The maximum absolute atomic E-state index is 12.0. The first-order valence-electron chi connectivity index (χ1n) is 8.27. The van der Waals surface area contributed by atoms with Gasteiger partial charge in [-0.3, -0.25) is 9.59 Å². The zero-order valence-corrected chi connectivity index (χ0v) is 15.1. The van der Waals surface area contributed by atoms with Crippen molar-refractivity contribution in [3.8, 4) is 0 Å². The van der Waals surface area contributed by atoms with Crippen LogP contribution in [0.3, 0.4) is 0 Å². The van der Waals surface area contributed by atoms with Crippen molar-refractivity contribution in [2.75, 3.05) is 34.4 Å². The fourth-order valence-corrected chi connectivity index (χ4v) is 3.27. The van der Waals surface area contributed by atoms with Gasteiger partial charge in [-0.1, -0.05) is 0 Å². The van der Waals surface area contributed by atoms with Crippen molar-refractivity contribution in [1.29, 1.82) is 0 Å². The van der Waals surface area contributed by atoms with Gasteiger partial charge in [-0.2, -0.15) is 0 Å². The van der Waals surface area contributed by atoms with Crippen molar-refractivity contribution in [1.82, 2.24) is 10.6 Å². The van der Waals surface area contributed by atoms with Crippen molar-refractivity contribution in [3.05, 3.63) is 0 Å². The zero-order valence-electron chi connectivity index (χ0n) is 15.1. The number of carbonyl (C=O) groups excluding carboxylic acids is 2. The molecule has 0 spiro atoms. The minimum Gasteiger partial charge on any atom is -0.377 e. The molecule has 1 aliphatic carbocycles. The van der Waals surface area contributed by atoms with Gasteiger partial charge in [0.2, 0.25) is 11.8 Å². The predicted octanol–water partition coefficient (Wildman–Crippen LogP) is -2.96. The van der Waals surface area contributed by atoms with Gasteiger partial charge in [0, 0.05) is 47.3 Å². The maximum atomic E-state index is 12.0. The Labute approximate surface area is 148 Å². The van der Waals surface area contributed by atoms with Gasteiger partial charge >= 0.3 is 0 Å². The molecule has 2 amide bonds. The van der Waals surface area contributed by atoms with Gasteiger partial charge in [0.25, 0.3) is 0 Å². The molecule has 0 aromatic carbocycles. The molecule has 8 N–H and O–H groups in total. The van der Waals surface area contributed by atoms with E-state index in [0.717, 1.165) is 0 Å². The highest BCUT2D eigenvalue weighted by Crippen LogP contribution is 2.26. The first kappa shape index (κ1) is 21.7. The van der Waals surface area contributed by atoms with Gasteiger partial charge in [0.15, 0.2) is 0 Å². The monoisotopic (exact) mass is 361 g/mol. The van der Waals surface area contributed by atoms with Crippen LogP contribution >= 0.6 is 0 Å². The lowest BCUT2D eigenvalue weighted by Crippen LogP contribution is -2.74. The van der Waals surface area contributed by atoms with E-state index in [2.05, 4.69) is 10.6 Å². The lowest BCUT2D eigenvalue weighted by Gasteiger charge is -2.48. The highest BCUT2D eigenvalue weighted by Gasteiger charge is 2.51. The molecule has 0 aliphatic heterocycles. The number of hydrogen-bond donors (Lipinski definition) is 5. The minimum atomic E-state index is -0.599. The van der Waals surface area contributed by atoms with Crippen LogP contribution in [0.5, 0.6) is 0 Å². The average molecular weight is 361 g/mol. The number of rotatable bonds is 9. The quantitative estimate of drug-likeness (QED) is 0.291. The molecule has 0 heterocycles. The Balaban J connectivity index is 3.10. The van der Waals surface area contributed by atoms with E-state index in [1.807, 2.05) is 0 Å². The zero-order chi connectivity index (χ0) is 19.0. The number of methoxy groups -OCH3 is 3. The third-order valence-corrected chi connectivity index (χ3v) is 4.39. The first-order chi connectivity index (χ1) is 11.9. The molecule has 0 radical (unpaired) electrons. The summed E-state index contributed by atoms with van der Waals surface area (Å²) in [6.45, 7) is 0.439. The smallest absolute Gasteiger partial charge is 0.221 e. The molecular weight excluding hydrogens is 330 g/mol. The Kier molecular flexibility index (Phi) is 9.25. The van der Waals surface area contributed by atoms with E-state index in [9.17, 15) is 9.59 Å². The van der Waals surface area contributed by atoms with Crippen LogP contribution < -0.4 is 27.8 Å². The number of carbonyl (C=O) groups is 2. The second kappa shape index (κ2) is 10.6. The molecule has 0 unspecified atom stereocenters. The van der Waals surface area contributed by atoms with Crippen molar-refractivity contribution < 1.29 is 23.8 Å². The summed E-state index contributed by atoms with van der Waals surface area (Å²) in [5.74, 6) is -0.488. The number of nitrogens with one attached hydrogen (secondary N) is 2. The van der Waals surface area contributed by atoms with Gasteiger partial charge in [0.1, 0.15) is 6.10 Å². The topological polar surface area (TPSA) is 164 Å². The maximum Gasteiger partial charge on any atom is 0.221 e. The van der Waals surface area contributed by atoms with Gasteiger partial charge < -0.3 is 42.0 Å². The summed E-state index contributed by atoms with van der Waals surface area (Å²) >= 11 is 0. The third-order valence-electron chi connectivity index (χ3n) is 4.39. The third kappa shape index (κ3) is 5.33. The summed E-state index contributed by atoms with van der Waals surface area (Å²) in [6.07, 6.45) is -1.38. The number of ether oxygens (including phenoxy) is 3. The van der Waals surface area contributed by atoms with Crippen molar-refractivity contribution in [2.24, 2.45) is 17.2 Å². The molecule has 0 saturated heterocycles. The largest absolute Gasteiger partial charge is 0.377 e. The van der Waals surface area contributed by atoms with Crippen LogP contribution in [0, 0.1) is 0 Å². The molecule has 0 aromatic heterocycles. The van der Waals surface area contributed by atoms with Crippen LogP contribution in [0.1, 0.15) is 12.8 Å². The van der Waals surface area contributed by atoms with Crippen LogP contribution in [0.2, 0.25) is 0 Å². The van der Waals surface area contributed by atoms with Crippen LogP contribution in [0.25, 0.3) is 0 Å². The molecule has 1 aliphatic rings. The van der Waals surface area contributed by atoms with E-state index >= 15 is 0 Å². The summed E-state index contributed by atoms with van der Waals surface area (Å²) in [5, 5.41) is 5.70. The molecule has 146 valence electrons. The molecule has 1 saturated carbocycles. The second-order valence-corrected chi connectivity index (χ2v) is 5.94. The van der Waals surface area contributed by atoms with Crippen LogP contribution in [-0.2, 0) is 23.8 Å². The summed E-state index contributed by atoms with van der Waals surface area (Å²) in [4.78, 5) is 24.1. The van der Waals surface area contributed by atoms with Gasteiger partial charge in [0.05, 0.1) is 30.3 Å². The van der Waals surface area contributed by atoms with Crippen molar-refractivity contribution in [2.45, 2.75) is 49.3 Å². The molecule has 6 atom stereocenters. The van der Waals surface area contributed by atoms with Gasteiger partial charge in [-0.05, 0) is 0 Å². The van der Waals surface area contributed by atoms with E-state index in [1.165, 1.54) is 21.3 Å². The lowest BCUT2D eigenvalue weighted by atomic mass is 9.79.